The van der Waals surface area contributed by atoms with Crippen LogP contribution < -0.4 is 11.1 Å². The molecule has 1 amide bonds. The van der Waals surface area contributed by atoms with Crippen LogP contribution in [0.4, 0.5) is 0 Å². The van der Waals surface area contributed by atoms with Crippen LogP contribution in [0, 0.1) is 5.41 Å². The maximum absolute atomic E-state index is 11.9. The minimum absolute atomic E-state index is 0.0216. The van der Waals surface area contributed by atoms with E-state index in [2.05, 4.69) is 45.1 Å². The van der Waals surface area contributed by atoms with Gasteiger partial charge in [0.1, 0.15) is 0 Å². The second-order valence-electron chi connectivity index (χ2n) is 6.08. The van der Waals surface area contributed by atoms with Crippen molar-refractivity contribution < 1.29 is 4.79 Å². The SMILES string of the molecule is CCc1ccccc1CNC(=O)CC(N)C(C)(C)C. The van der Waals surface area contributed by atoms with E-state index >= 15 is 0 Å². The number of aryl methyl sites for hydroxylation is 1. The molecule has 1 aromatic rings. The Morgan fingerprint density at radius 1 is 1.26 bits per heavy atom. The number of rotatable bonds is 5. The van der Waals surface area contributed by atoms with Crippen molar-refractivity contribution in [2.75, 3.05) is 0 Å². The highest BCUT2D eigenvalue weighted by Crippen LogP contribution is 2.19. The lowest BCUT2D eigenvalue weighted by Gasteiger charge is -2.26. The zero-order valence-electron chi connectivity index (χ0n) is 12.5. The van der Waals surface area contributed by atoms with Gasteiger partial charge in [0, 0.05) is 19.0 Å². The average Bonchev–Trinajstić information content (AvgIpc) is 2.35. The highest BCUT2D eigenvalue weighted by Gasteiger charge is 2.22. The van der Waals surface area contributed by atoms with Gasteiger partial charge >= 0.3 is 0 Å². The van der Waals surface area contributed by atoms with Crippen LogP contribution >= 0.6 is 0 Å². The summed E-state index contributed by atoms with van der Waals surface area (Å²) in [5.41, 5.74) is 8.44. The Morgan fingerprint density at radius 3 is 2.37 bits per heavy atom. The van der Waals surface area contributed by atoms with Gasteiger partial charge in [-0.2, -0.15) is 0 Å². The third kappa shape index (κ3) is 5.03. The summed E-state index contributed by atoms with van der Waals surface area (Å²) >= 11 is 0. The van der Waals surface area contributed by atoms with Gasteiger partial charge in [-0.25, -0.2) is 0 Å². The molecule has 0 spiro atoms. The Bertz CT molecular complexity index is 421. The van der Waals surface area contributed by atoms with Gasteiger partial charge in [-0.05, 0) is 23.0 Å². The molecule has 0 fully saturated rings. The van der Waals surface area contributed by atoms with E-state index in [9.17, 15) is 4.79 Å². The van der Waals surface area contributed by atoms with Crippen LogP contribution in [-0.4, -0.2) is 11.9 Å². The van der Waals surface area contributed by atoms with E-state index < -0.39 is 0 Å². The molecule has 0 heterocycles. The van der Waals surface area contributed by atoms with Crippen LogP contribution in [0.3, 0.4) is 0 Å². The number of carbonyl (C=O) groups is 1. The number of amides is 1. The number of carbonyl (C=O) groups excluding carboxylic acids is 1. The van der Waals surface area contributed by atoms with E-state index in [0.717, 1.165) is 6.42 Å². The number of benzene rings is 1. The molecule has 0 saturated heterocycles. The molecule has 3 N–H and O–H groups in total. The monoisotopic (exact) mass is 262 g/mol. The summed E-state index contributed by atoms with van der Waals surface area (Å²) in [4.78, 5) is 11.9. The Labute approximate surface area is 116 Å². The maximum atomic E-state index is 11.9. The first-order valence-corrected chi connectivity index (χ1v) is 6.93. The van der Waals surface area contributed by atoms with Crippen LogP contribution in [-0.2, 0) is 17.8 Å². The molecule has 1 rings (SSSR count). The lowest BCUT2D eigenvalue weighted by atomic mass is 9.85. The first kappa shape index (κ1) is 15.7. The van der Waals surface area contributed by atoms with Crippen molar-refractivity contribution >= 4 is 5.91 Å². The molecule has 0 aliphatic heterocycles. The zero-order chi connectivity index (χ0) is 14.5. The third-order valence-corrected chi connectivity index (χ3v) is 3.49. The van der Waals surface area contributed by atoms with Crippen molar-refractivity contribution in [2.45, 2.75) is 53.1 Å². The van der Waals surface area contributed by atoms with Crippen LogP contribution in [0.2, 0.25) is 0 Å². The fourth-order valence-electron chi connectivity index (χ4n) is 1.85. The quantitative estimate of drug-likeness (QED) is 0.857. The van der Waals surface area contributed by atoms with Gasteiger partial charge < -0.3 is 11.1 Å². The van der Waals surface area contributed by atoms with E-state index in [-0.39, 0.29) is 17.4 Å². The van der Waals surface area contributed by atoms with Crippen molar-refractivity contribution in [3.8, 4) is 0 Å². The van der Waals surface area contributed by atoms with E-state index in [1.165, 1.54) is 11.1 Å². The molecular weight excluding hydrogens is 236 g/mol. The second-order valence-corrected chi connectivity index (χ2v) is 6.08. The molecular formula is C16H26N2O. The summed E-state index contributed by atoms with van der Waals surface area (Å²) in [6, 6.07) is 8.07. The second kappa shape index (κ2) is 6.71. The Kier molecular flexibility index (Phi) is 5.55. The molecule has 106 valence electrons. The molecule has 1 aromatic carbocycles. The fraction of sp³-hybridized carbons (Fsp3) is 0.562. The molecule has 0 aliphatic carbocycles. The van der Waals surface area contributed by atoms with Crippen LogP contribution in [0.15, 0.2) is 24.3 Å². The molecule has 1 unspecified atom stereocenters. The largest absolute Gasteiger partial charge is 0.352 e. The standard InChI is InChI=1S/C16H26N2O/c1-5-12-8-6-7-9-13(12)11-18-15(19)10-14(17)16(2,3)4/h6-9,14H,5,10-11,17H2,1-4H3,(H,18,19). The van der Waals surface area contributed by atoms with Gasteiger partial charge in [-0.15, -0.1) is 0 Å². The zero-order valence-corrected chi connectivity index (χ0v) is 12.5. The summed E-state index contributed by atoms with van der Waals surface area (Å²) in [7, 11) is 0. The molecule has 1 atom stereocenters. The molecule has 0 aliphatic rings. The molecule has 0 aromatic heterocycles. The minimum atomic E-state index is -0.117. The van der Waals surface area contributed by atoms with Gasteiger partial charge in [0.25, 0.3) is 0 Å². The fourth-order valence-corrected chi connectivity index (χ4v) is 1.85. The Morgan fingerprint density at radius 2 is 1.84 bits per heavy atom. The highest BCUT2D eigenvalue weighted by molar-refractivity contribution is 5.76. The molecule has 0 radical (unpaired) electrons. The summed E-state index contributed by atoms with van der Waals surface area (Å²) in [6.45, 7) is 8.86. The molecule has 19 heavy (non-hydrogen) atoms. The predicted octanol–water partition coefficient (Wildman–Crippen LogP) is 2.63. The number of hydrogen-bond donors (Lipinski definition) is 2. The third-order valence-electron chi connectivity index (χ3n) is 3.49. The summed E-state index contributed by atoms with van der Waals surface area (Å²) in [6.07, 6.45) is 1.35. The lowest BCUT2D eigenvalue weighted by molar-refractivity contribution is -0.122. The summed E-state index contributed by atoms with van der Waals surface area (Å²) in [5.74, 6) is 0.0216. The predicted molar refractivity (Wildman–Crippen MR) is 79.7 cm³/mol. The first-order chi connectivity index (χ1) is 8.84. The van der Waals surface area contributed by atoms with Gasteiger partial charge in [-0.1, -0.05) is 52.0 Å². The molecule has 3 nitrogen and oxygen atoms in total. The Balaban J connectivity index is 2.51. The number of nitrogens with two attached hydrogens (primary N) is 1. The molecule has 0 saturated carbocycles. The van der Waals surface area contributed by atoms with Gasteiger partial charge in [-0.3, -0.25) is 4.79 Å². The van der Waals surface area contributed by atoms with E-state index in [1.54, 1.807) is 0 Å². The topological polar surface area (TPSA) is 55.1 Å². The van der Waals surface area contributed by atoms with Crippen molar-refractivity contribution in [1.29, 1.82) is 0 Å². The molecule has 0 bridgehead atoms. The highest BCUT2D eigenvalue weighted by atomic mass is 16.1. The van der Waals surface area contributed by atoms with E-state index in [1.807, 2.05) is 12.1 Å². The minimum Gasteiger partial charge on any atom is -0.352 e. The van der Waals surface area contributed by atoms with Gasteiger partial charge in [0.2, 0.25) is 5.91 Å². The number of hydrogen-bond acceptors (Lipinski definition) is 2. The summed E-state index contributed by atoms with van der Waals surface area (Å²) in [5, 5.41) is 2.96. The smallest absolute Gasteiger partial charge is 0.221 e. The number of nitrogens with one attached hydrogen (secondary N) is 1. The summed E-state index contributed by atoms with van der Waals surface area (Å²) < 4.78 is 0. The van der Waals surface area contributed by atoms with E-state index in [4.69, 9.17) is 5.73 Å². The van der Waals surface area contributed by atoms with Gasteiger partial charge in [0.15, 0.2) is 0 Å². The van der Waals surface area contributed by atoms with Crippen molar-refractivity contribution in [3.05, 3.63) is 35.4 Å². The van der Waals surface area contributed by atoms with Crippen molar-refractivity contribution in [1.82, 2.24) is 5.32 Å². The van der Waals surface area contributed by atoms with Crippen LogP contribution in [0.5, 0.6) is 0 Å². The normalized spacial score (nSPS) is 13.1. The van der Waals surface area contributed by atoms with Crippen LogP contribution in [0.25, 0.3) is 0 Å². The van der Waals surface area contributed by atoms with Crippen molar-refractivity contribution in [2.24, 2.45) is 11.1 Å². The average molecular weight is 262 g/mol. The Hall–Kier alpha value is -1.35. The van der Waals surface area contributed by atoms with Crippen LogP contribution in [0.1, 0.15) is 45.2 Å². The lowest BCUT2D eigenvalue weighted by Crippen LogP contribution is -2.40. The maximum Gasteiger partial charge on any atom is 0.221 e. The first-order valence-electron chi connectivity index (χ1n) is 6.93. The van der Waals surface area contributed by atoms with Gasteiger partial charge in [0.05, 0.1) is 0 Å². The van der Waals surface area contributed by atoms with E-state index in [0.29, 0.717) is 13.0 Å². The van der Waals surface area contributed by atoms with Crippen molar-refractivity contribution in [3.63, 3.8) is 0 Å². The molecule has 3 heteroatoms.